The minimum absolute atomic E-state index is 0.685. The Morgan fingerprint density at radius 3 is 2.41 bits per heavy atom. The Hall–Kier alpha value is -1.01. The van der Waals surface area contributed by atoms with E-state index in [1.54, 1.807) is 0 Å². The van der Waals surface area contributed by atoms with Gasteiger partial charge in [-0.05, 0) is 41.2 Å². The molecule has 4 aromatic carbocycles. The Morgan fingerprint density at radius 1 is 0.926 bits per heavy atom. The summed E-state index contributed by atoms with van der Waals surface area (Å²) in [5, 5.41) is 5.39. The summed E-state index contributed by atoms with van der Waals surface area (Å²) < 4.78 is 0. The molecule has 4 aromatic rings. The first-order valence-corrected chi connectivity index (χ1v) is 15.5. The van der Waals surface area contributed by atoms with Gasteiger partial charge in [0.1, 0.15) is 0 Å². The van der Waals surface area contributed by atoms with E-state index >= 15 is 0 Å². The predicted octanol–water partition coefficient (Wildman–Crippen LogP) is 8.26. The number of hydrogen-bond acceptors (Lipinski definition) is 0. The summed E-state index contributed by atoms with van der Waals surface area (Å²) in [4.78, 5) is 0. The van der Waals surface area contributed by atoms with Crippen molar-refractivity contribution in [2.75, 3.05) is 0 Å². The van der Waals surface area contributed by atoms with Crippen molar-refractivity contribution >= 4 is 38.6 Å². The van der Waals surface area contributed by atoms with Crippen molar-refractivity contribution in [3.05, 3.63) is 77.9 Å². The molecule has 0 radical (unpaired) electrons. The molecule has 0 amide bonds. The van der Waals surface area contributed by atoms with Gasteiger partial charge < -0.3 is 0 Å². The molecule has 0 unspecified atom stereocenters. The van der Waals surface area contributed by atoms with Crippen LogP contribution in [0, 0.1) is 12.8 Å². The van der Waals surface area contributed by atoms with Crippen LogP contribution >= 0.6 is 17.0 Å². The molecule has 27 heavy (non-hydrogen) atoms. The molecule has 0 saturated heterocycles. The Kier molecular flexibility index (Phi) is 7.26. The maximum absolute atomic E-state index is 4.93. The van der Waals surface area contributed by atoms with Gasteiger partial charge in [0.2, 0.25) is 0 Å². The molecule has 0 N–H and O–H groups in total. The van der Waals surface area contributed by atoms with Crippen LogP contribution in [0.1, 0.15) is 25.0 Å². The van der Waals surface area contributed by atoms with Gasteiger partial charge >= 0.3 is 37.9 Å². The molecule has 0 nitrogen and oxygen atoms in total. The minimum atomic E-state index is -0.826. The molecule has 0 aliphatic heterocycles. The van der Waals surface area contributed by atoms with Crippen LogP contribution in [0.3, 0.4) is 0 Å². The third kappa shape index (κ3) is 4.71. The molecule has 0 heterocycles. The number of aryl methyl sites for hydroxylation is 1. The quantitative estimate of drug-likeness (QED) is 0.263. The molecule has 3 heteroatoms. The number of hydrogen-bond donors (Lipinski definition) is 0. The summed E-state index contributed by atoms with van der Waals surface area (Å²) >= 11 is -0.826. The zero-order valence-electron chi connectivity index (χ0n) is 15.9. The molecule has 0 spiro atoms. The Morgan fingerprint density at radius 2 is 1.67 bits per heavy atom. The number of benzene rings is 3. The van der Waals surface area contributed by atoms with Gasteiger partial charge in [-0.25, -0.2) is 0 Å². The van der Waals surface area contributed by atoms with E-state index in [1.807, 2.05) is 0 Å². The van der Waals surface area contributed by atoms with E-state index in [0.29, 0.717) is 5.92 Å². The average molecular weight is 474 g/mol. The summed E-state index contributed by atoms with van der Waals surface area (Å²) in [6.07, 6.45) is 1.14. The second-order valence-corrected chi connectivity index (χ2v) is 11.1. The van der Waals surface area contributed by atoms with E-state index in [2.05, 4.69) is 87.5 Å². The fraction of sp³-hybridized carbons (Fsp3) is 0.208. The molecule has 0 aliphatic carbocycles. The van der Waals surface area contributed by atoms with E-state index in [1.165, 1.54) is 43.8 Å². The number of fused-ring (bicyclic) bond motifs is 2. The number of halogens is 2. The molecular formula is C24H23Cl2Zr-. The molecule has 0 bridgehead atoms. The van der Waals surface area contributed by atoms with Crippen LogP contribution in [0.2, 0.25) is 0 Å². The first kappa shape index (κ1) is 20.7. The normalized spacial score (nSPS) is 10.9. The van der Waals surface area contributed by atoms with Gasteiger partial charge in [0.15, 0.2) is 0 Å². The van der Waals surface area contributed by atoms with Crippen LogP contribution in [-0.2, 0) is 27.3 Å². The standard InChI is InChI=1S/C24H23.2ClH.Zr/c1-16(2)13-18-14-20-8-6-10-22(23(20)15-18)24-17(3)11-12-19-7-4-5-9-21(19)24;;;/h4-12,14-16H,13H2,1-3H3;2*1H;/q-1;;;+2/p-2. The molecule has 0 saturated carbocycles. The Balaban J connectivity index is 0.000000659. The maximum atomic E-state index is 4.93. The van der Waals surface area contributed by atoms with E-state index in [9.17, 15) is 0 Å². The topological polar surface area (TPSA) is 0 Å². The van der Waals surface area contributed by atoms with E-state index in [-0.39, 0.29) is 0 Å². The molecular weight excluding hydrogens is 450 g/mol. The summed E-state index contributed by atoms with van der Waals surface area (Å²) in [5.41, 5.74) is 5.52. The van der Waals surface area contributed by atoms with Crippen molar-refractivity contribution in [2.45, 2.75) is 27.2 Å². The van der Waals surface area contributed by atoms with E-state index in [0.717, 1.165) is 6.42 Å². The molecule has 4 rings (SSSR count). The molecule has 0 aliphatic rings. The SMILES string of the molecule is Cc1ccc2ccccc2c1-c1cccc2[cH-]c(CC(C)C)cc12.[Cl][Zr][Cl]. The number of rotatable bonds is 3. The van der Waals surface area contributed by atoms with Gasteiger partial charge in [0.25, 0.3) is 0 Å². The summed E-state index contributed by atoms with van der Waals surface area (Å²) in [6.45, 7) is 6.79. The van der Waals surface area contributed by atoms with Crippen LogP contribution in [-0.4, -0.2) is 0 Å². The monoisotopic (exact) mass is 471 g/mol. The first-order chi connectivity index (χ1) is 13.0. The van der Waals surface area contributed by atoms with Gasteiger partial charge in [-0.15, -0.1) is 34.5 Å². The fourth-order valence-electron chi connectivity index (χ4n) is 3.84. The Labute approximate surface area is 180 Å². The Bertz CT molecular complexity index is 1050. The van der Waals surface area contributed by atoms with E-state index in [4.69, 9.17) is 17.0 Å². The predicted molar refractivity (Wildman–Crippen MR) is 117 cm³/mol. The fourth-order valence-corrected chi connectivity index (χ4v) is 3.84. The second kappa shape index (κ2) is 9.46. The van der Waals surface area contributed by atoms with Gasteiger partial charge in [0.05, 0.1) is 0 Å². The van der Waals surface area contributed by atoms with Crippen LogP contribution in [0.5, 0.6) is 0 Å². The first-order valence-electron chi connectivity index (χ1n) is 9.18. The van der Waals surface area contributed by atoms with E-state index < -0.39 is 20.8 Å². The third-order valence-corrected chi connectivity index (χ3v) is 4.86. The van der Waals surface area contributed by atoms with Crippen LogP contribution in [0.15, 0.2) is 66.7 Å². The van der Waals surface area contributed by atoms with Gasteiger partial charge in [-0.2, -0.15) is 6.07 Å². The molecule has 138 valence electrons. The summed E-state index contributed by atoms with van der Waals surface area (Å²) in [7, 11) is 9.87. The van der Waals surface area contributed by atoms with Crippen molar-refractivity contribution in [1.82, 2.24) is 0 Å². The third-order valence-electron chi connectivity index (χ3n) is 4.86. The summed E-state index contributed by atoms with van der Waals surface area (Å²) in [6, 6.07) is 24.6. The summed E-state index contributed by atoms with van der Waals surface area (Å²) in [5.74, 6) is 0.685. The average Bonchev–Trinajstić information content (AvgIpc) is 3.04. The van der Waals surface area contributed by atoms with Crippen molar-refractivity contribution in [3.63, 3.8) is 0 Å². The van der Waals surface area contributed by atoms with Crippen molar-refractivity contribution in [3.8, 4) is 11.1 Å². The van der Waals surface area contributed by atoms with Gasteiger partial charge in [0, 0.05) is 0 Å². The van der Waals surface area contributed by atoms with Crippen molar-refractivity contribution < 1.29 is 20.8 Å². The zero-order valence-corrected chi connectivity index (χ0v) is 19.9. The van der Waals surface area contributed by atoms with Gasteiger partial charge in [-0.3, -0.25) is 0 Å². The van der Waals surface area contributed by atoms with Gasteiger partial charge in [-0.1, -0.05) is 61.9 Å². The van der Waals surface area contributed by atoms with Crippen LogP contribution < -0.4 is 0 Å². The zero-order chi connectivity index (χ0) is 19.4. The van der Waals surface area contributed by atoms with Crippen LogP contribution in [0.4, 0.5) is 0 Å². The second-order valence-electron chi connectivity index (χ2n) is 7.32. The molecule has 0 aromatic heterocycles. The molecule has 0 atom stereocenters. The van der Waals surface area contributed by atoms with Crippen molar-refractivity contribution in [1.29, 1.82) is 0 Å². The molecule has 0 fully saturated rings. The van der Waals surface area contributed by atoms with Crippen molar-refractivity contribution in [2.24, 2.45) is 5.92 Å². The van der Waals surface area contributed by atoms with Crippen LogP contribution in [0.25, 0.3) is 32.7 Å².